The van der Waals surface area contributed by atoms with Gasteiger partial charge in [-0.05, 0) is 50.5 Å². The molecule has 0 unspecified atom stereocenters. The van der Waals surface area contributed by atoms with Crippen LogP contribution in [0.4, 0.5) is 5.69 Å². The quantitative estimate of drug-likeness (QED) is 0.735. The molecule has 0 bridgehead atoms. The molecule has 2 N–H and O–H groups in total. The molecule has 0 spiro atoms. The maximum Gasteiger partial charge on any atom is 0.254 e. The molecule has 2 rings (SSSR count). The summed E-state index contributed by atoms with van der Waals surface area (Å²) in [6, 6.07) is 7.53. The molecule has 16 heavy (non-hydrogen) atoms. The number of amides is 1. The van der Waals surface area contributed by atoms with Crippen molar-refractivity contribution in [1.82, 2.24) is 4.90 Å². The Kier molecular flexibility index (Phi) is 3.13. The summed E-state index contributed by atoms with van der Waals surface area (Å²) in [6.45, 7) is 3.00. The van der Waals surface area contributed by atoms with Gasteiger partial charge in [0.05, 0.1) is 0 Å². The maximum atomic E-state index is 12.2. The summed E-state index contributed by atoms with van der Waals surface area (Å²) in [5.74, 6) is 0.132. The van der Waals surface area contributed by atoms with E-state index in [2.05, 4.69) is 6.92 Å². The lowest BCUT2D eigenvalue weighted by Crippen LogP contribution is -2.41. The van der Waals surface area contributed by atoms with Crippen molar-refractivity contribution in [2.75, 3.05) is 12.3 Å². The number of rotatable bonds is 1. The minimum atomic E-state index is 0.132. The Morgan fingerprint density at radius 1 is 1.31 bits per heavy atom. The van der Waals surface area contributed by atoms with Crippen molar-refractivity contribution in [2.24, 2.45) is 0 Å². The standard InChI is InChI=1S/C13H18N2O/c1-10-4-2-3-9-15(10)13(16)11-5-7-12(14)8-6-11/h5-8,10H,2-4,9,14H2,1H3/t10-/m1/s1. The van der Waals surface area contributed by atoms with E-state index in [0.29, 0.717) is 11.7 Å². The van der Waals surface area contributed by atoms with Crippen molar-refractivity contribution < 1.29 is 4.79 Å². The van der Waals surface area contributed by atoms with Gasteiger partial charge in [-0.3, -0.25) is 4.79 Å². The molecule has 0 saturated carbocycles. The summed E-state index contributed by atoms with van der Waals surface area (Å²) in [5.41, 5.74) is 7.04. The molecule has 0 radical (unpaired) electrons. The van der Waals surface area contributed by atoms with Crippen LogP contribution in [0.3, 0.4) is 0 Å². The largest absolute Gasteiger partial charge is 0.399 e. The molecule has 0 aromatic heterocycles. The van der Waals surface area contributed by atoms with Gasteiger partial charge < -0.3 is 10.6 Å². The third-order valence-electron chi connectivity index (χ3n) is 3.22. The monoisotopic (exact) mass is 218 g/mol. The molecule has 1 aliphatic heterocycles. The maximum absolute atomic E-state index is 12.2. The predicted molar refractivity (Wildman–Crippen MR) is 65.2 cm³/mol. The number of carbonyl (C=O) groups is 1. The fraction of sp³-hybridized carbons (Fsp3) is 0.462. The van der Waals surface area contributed by atoms with E-state index in [1.807, 2.05) is 4.90 Å². The fourth-order valence-electron chi connectivity index (χ4n) is 2.19. The molecule has 3 heteroatoms. The third-order valence-corrected chi connectivity index (χ3v) is 3.22. The number of likely N-dealkylation sites (tertiary alicyclic amines) is 1. The van der Waals surface area contributed by atoms with Crippen LogP contribution in [0.2, 0.25) is 0 Å². The number of hydrogen-bond donors (Lipinski definition) is 1. The topological polar surface area (TPSA) is 46.3 Å². The molecule has 1 amide bonds. The van der Waals surface area contributed by atoms with Gasteiger partial charge in [0.15, 0.2) is 0 Å². The normalized spacial score (nSPS) is 20.8. The van der Waals surface area contributed by atoms with Gasteiger partial charge >= 0.3 is 0 Å². The van der Waals surface area contributed by atoms with E-state index in [9.17, 15) is 4.79 Å². The fourth-order valence-corrected chi connectivity index (χ4v) is 2.19. The van der Waals surface area contributed by atoms with E-state index < -0.39 is 0 Å². The van der Waals surface area contributed by atoms with Crippen molar-refractivity contribution in [3.05, 3.63) is 29.8 Å². The summed E-state index contributed by atoms with van der Waals surface area (Å²) in [6.07, 6.45) is 3.46. The lowest BCUT2D eigenvalue weighted by Gasteiger charge is -2.33. The number of benzene rings is 1. The summed E-state index contributed by atoms with van der Waals surface area (Å²) in [5, 5.41) is 0. The Labute approximate surface area is 96.2 Å². The molecule has 1 aliphatic rings. The van der Waals surface area contributed by atoms with Crippen LogP contribution in [0.15, 0.2) is 24.3 Å². The van der Waals surface area contributed by atoms with Crippen LogP contribution in [0.1, 0.15) is 36.5 Å². The zero-order valence-corrected chi connectivity index (χ0v) is 9.65. The average Bonchev–Trinajstić information content (AvgIpc) is 2.30. The van der Waals surface area contributed by atoms with E-state index >= 15 is 0 Å². The van der Waals surface area contributed by atoms with Crippen molar-refractivity contribution in [3.63, 3.8) is 0 Å². The Balaban J connectivity index is 2.14. The Hall–Kier alpha value is -1.51. The predicted octanol–water partition coefficient (Wildman–Crippen LogP) is 2.28. The van der Waals surface area contributed by atoms with Crippen molar-refractivity contribution in [1.29, 1.82) is 0 Å². The number of nitrogens with zero attached hydrogens (tertiary/aromatic N) is 1. The lowest BCUT2D eigenvalue weighted by atomic mass is 10.0. The number of nitrogen functional groups attached to an aromatic ring is 1. The smallest absolute Gasteiger partial charge is 0.254 e. The van der Waals surface area contributed by atoms with Gasteiger partial charge in [0, 0.05) is 23.8 Å². The van der Waals surface area contributed by atoms with Gasteiger partial charge in [-0.2, -0.15) is 0 Å². The first kappa shape index (κ1) is 11.0. The highest BCUT2D eigenvalue weighted by Crippen LogP contribution is 2.19. The summed E-state index contributed by atoms with van der Waals surface area (Å²) < 4.78 is 0. The van der Waals surface area contributed by atoms with Crippen LogP contribution in [0.5, 0.6) is 0 Å². The second-order valence-corrected chi connectivity index (χ2v) is 4.47. The number of carbonyl (C=O) groups excluding carboxylic acids is 1. The molecular weight excluding hydrogens is 200 g/mol. The molecular formula is C13H18N2O. The molecule has 1 aromatic carbocycles. The van der Waals surface area contributed by atoms with E-state index in [1.54, 1.807) is 24.3 Å². The minimum absolute atomic E-state index is 0.132. The van der Waals surface area contributed by atoms with Gasteiger partial charge in [0.25, 0.3) is 5.91 Å². The van der Waals surface area contributed by atoms with Crippen molar-refractivity contribution in [3.8, 4) is 0 Å². The number of piperidine rings is 1. The van der Waals surface area contributed by atoms with E-state index in [1.165, 1.54) is 6.42 Å². The molecule has 0 aliphatic carbocycles. The van der Waals surface area contributed by atoms with Crippen molar-refractivity contribution >= 4 is 11.6 Å². The second-order valence-electron chi connectivity index (χ2n) is 4.47. The zero-order valence-electron chi connectivity index (χ0n) is 9.65. The third kappa shape index (κ3) is 2.18. The van der Waals surface area contributed by atoms with Gasteiger partial charge in [-0.25, -0.2) is 0 Å². The average molecular weight is 218 g/mol. The van der Waals surface area contributed by atoms with Gasteiger partial charge in [-0.15, -0.1) is 0 Å². The highest BCUT2D eigenvalue weighted by molar-refractivity contribution is 5.94. The first-order valence-corrected chi connectivity index (χ1v) is 5.85. The van der Waals surface area contributed by atoms with E-state index in [0.717, 1.165) is 24.9 Å². The van der Waals surface area contributed by atoms with E-state index in [-0.39, 0.29) is 5.91 Å². The van der Waals surface area contributed by atoms with Crippen LogP contribution in [0.25, 0.3) is 0 Å². The van der Waals surface area contributed by atoms with Crippen molar-refractivity contribution in [2.45, 2.75) is 32.2 Å². The molecule has 1 fully saturated rings. The molecule has 86 valence electrons. The molecule has 1 heterocycles. The Morgan fingerprint density at radius 3 is 2.62 bits per heavy atom. The van der Waals surface area contributed by atoms with Crippen LogP contribution in [-0.2, 0) is 0 Å². The van der Waals surface area contributed by atoms with Crippen LogP contribution < -0.4 is 5.73 Å². The summed E-state index contributed by atoms with van der Waals surface area (Å²) in [4.78, 5) is 14.2. The van der Waals surface area contributed by atoms with Crippen LogP contribution in [-0.4, -0.2) is 23.4 Å². The first-order chi connectivity index (χ1) is 7.68. The zero-order chi connectivity index (χ0) is 11.5. The highest BCUT2D eigenvalue weighted by Gasteiger charge is 2.23. The summed E-state index contributed by atoms with van der Waals surface area (Å²) in [7, 11) is 0. The first-order valence-electron chi connectivity index (χ1n) is 5.85. The highest BCUT2D eigenvalue weighted by atomic mass is 16.2. The molecule has 1 aromatic rings. The van der Waals surface area contributed by atoms with E-state index in [4.69, 9.17) is 5.73 Å². The molecule has 3 nitrogen and oxygen atoms in total. The Bertz CT molecular complexity index is 372. The number of hydrogen-bond acceptors (Lipinski definition) is 2. The lowest BCUT2D eigenvalue weighted by molar-refractivity contribution is 0.0635. The molecule has 1 atom stereocenters. The van der Waals surface area contributed by atoms with Crippen LogP contribution in [0, 0.1) is 0 Å². The van der Waals surface area contributed by atoms with Gasteiger partial charge in [0.2, 0.25) is 0 Å². The molecule has 1 saturated heterocycles. The number of anilines is 1. The van der Waals surface area contributed by atoms with Gasteiger partial charge in [-0.1, -0.05) is 0 Å². The Morgan fingerprint density at radius 2 is 2.00 bits per heavy atom. The van der Waals surface area contributed by atoms with Gasteiger partial charge in [0.1, 0.15) is 0 Å². The van der Waals surface area contributed by atoms with Crippen LogP contribution >= 0.6 is 0 Å². The SMILES string of the molecule is C[C@@H]1CCCCN1C(=O)c1ccc(N)cc1. The second kappa shape index (κ2) is 4.56. The number of nitrogens with two attached hydrogens (primary N) is 1. The summed E-state index contributed by atoms with van der Waals surface area (Å²) >= 11 is 0. The minimum Gasteiger partial charge on any atom is -0.399 e.